The van der Waals surface area contributed by atoms with Gasteiger partial charge >= 0.3 is 0 Å². The lowest BCUT2D eigenvalue weighted by molar-refractivity contribution is 0.0951. The zero-order chi connectivity index (χ0) is 12.1. The molecule has 0 bridgehead atoms. The number of hydrogen-bond donors (Lipinski definition) is 2. The summed E-state index contributed by atoms with van der Waals surface area (Å²) in [4.78, 5) is 11.6. The zero-order valence-electron chi connectivity index (χ0n) is 9.71. The van der Waals surface area contributed by atoms with E-state index in [1.165, 1.54) is 12.1 Å². The van der Waals surface area contributed by atoms with Crippen molar-refractivity contribution in [2.75, 3.05) is 19.6 Å². The van der Waals surface area contributed by atoms with Crippen LogP contribution >= 0.6 is 0 Å². The molecule has 4 heteroatoms. The summed E-state index contributed by atoms with van der Waals surface area (Å²) in [6.45, 7) is 2.85. The van der Waals surface area contributed by atoms with Gasteiger partial charge in [-0.3, -0.25) is 4.79 Å². The van der Waals surface area contributed by atoms with Crippen molar-refractivity contribution in [3.63, 3.8) is 0 Å². The molecular weight excluding hydrogens is 219 g/mol. The quantitative estimate of drug-likeness (QED) is 0.762. The fourth-order valence-electron chi connectivity index (χ4n) is 1.88. The molecule has 2 rings (SSSR count). The second kappa shape index (κ2) is 5.77. The zero-order valence-corrected chi connectivity index (χ0v) is 9.71. The maximum absolute atomic E-state index is 12.9. The number of rotatable bonds is 5. The van der Waals surface area contributed by atoms with Crippen molar-refractivity contribution in [1.29, 1.82) is 0 Å². The van der Waals surface area contributed by atoms with Gasteiger partial charge in [-0.25, -0.2) is 4.39 Å². The standard InChI is InChI=1S/C13H17FN2O/c14-12-5-1-4-11(7-12)13(17)16-6-2-3-10-8-15-9-10/h1,4-5,7,10,15H,2-3,6,8-9H2,(H,16,17). The van der Waals surface area contributed by atoms with Gasteiger partial charge in [0, 0.05) is 12.1 Å². The molecule has 0 aliphatic carbocycles. The third-order valence-corrected chi connectivity index (χ3v) is 3.03. The molecule has 1 saturated heterocycles. The van der Waals surface area contributed by atoms with Crippen molar-refractivity contribution in [2.24, 2.45) is 5.92 Å². The van der Waals surface area contributed by atoms with Crippen LogP contribution in [0.5, 0.6) is 0 Å². The average molecular weight is 236 g/mol. The Kier molecular flexibility index (Phi) is 4.09. The Balaban J connectivity index is 1.69. The van der Waals surface area contributed by atoms with Gasteiger partial charge in [0.25, 0.3) is 5.91 Å². The van der Waals surface area contributed by atoms with E-state index >= 15 is 0 Å². The summed E-state index contributed by atoms with van der Waals surface area (Å²) in [5.74, 6) is 0.190. The summed E-state index contributed by atoms with van der Waals surface area (Å²) in [5.41, 5.74) is 0.385. The Morgan fingerprint density at radius 1 is 1.47 bits per heavy atom. The molecule has 1 aliphatic rings. The molecule has 1 aliphatic heterocycles. The number of benzene rings is 1. The number of nitrogens with one attached hydrogen (secondary N) is 2. The predicted molar refractivity (Wildman–Crippen MR) is 64.3 cm³/mol. The molecule has 1 fully saturated rings. The van der Waals surface area contributed by atoms with Gasteiger partial charge in [0.2, 0.25) is 0 Å². The molecule has 1 amide bonds. The third-order valence-electron chi connectivity index (χ3n) is 3.03. The molecule has 0 unspecified atom stereocenters. The van der Waals surface area contributed by atoms with Crippen LogP contribution in [0.15, 0.2) is 24.3 Å². The van der Waals surface area contributed by atoms with E-state index < -0.39 is 0 Å². The smallest absolute Gasteiger partial charge is 0.251 e. The Labute approximate surface area is 100 Å². The minimum atomic E-state index is -0.377. The number of hydrogen-bond acceptors (Lipinski definition) is 2. The SMILES string of the molecule is O=C(NCCCC1CNC1)c1cccc(F)c1. The van der Waals surface area contributed by atoms with Crippen LogP contribution < -0.4 is 10.6 Å². The fourth-order valence-corrected chi connectivity index (χ4v) is 1.88. The Morgan fingerprint density at radius 2 is 2.29 bits per heavy atom. The highest BCUT2D eigenvalue weighted by Crippen LogP contribution is 2.10. The normalized spacial score (nSPS) is 15.4. The van der Waals surface area contributed by atoms with E-state index in [0.717, 1.165) is 31.8 Å². The molecule has 1 aromatic rings. The molecule has 92 valence electrons. The molecule has 3 nitrogen and oxygen atoms in total. The first-order valence-corrected chi connectivity index (χ1v) is 6.00. The lowest BCUT2D eigenvalue weighted by Gasteiger charge is -2.26. The lowest BCUT2D eigenvalue weighted by atomic mass is 9.97. The fraction of sp³-hybridized carbons (Fsp3) is 0.462. The molecule has 0 spiro atoms. The number of carbonyl (C=O) groups excluding carboxylic acids is 1. The summed E-state index contributed by atoms with van der Waals surface area (Å²) in [7, 11) is 0. The summed E-state index contributed by atoms with van der Waals surface area (Å²) in [5, 5.41) is 6.02. The van der Waals surface area contributed by atoms with Crippen molar-refractivity contribution in [3.05, 3.63) is 35.6 Å². The number of carbonyl (C=O) groups is 1. The minimum Gasteiger partial charge on any atom is -0.352 e. The Bertz CT molecular complexity index is 391. The molecule has 0 aromatic heterocycles. The number of halogens is 1. The molecule has 0 radical (unpaired) electrons. The molecule has 0 atom stereocenters. The average Bonchev–Trinajstić information content (AvgIpc) is 2.26. The summed E-state index contributed by atoms with van der Waals surface area (Å²) < 4.78 is 12.9. The molecule has 1 aromatic carbocycles. The van der Waals surface area contributed by atoms with E-state index in [9.17, 15) is 9.18 Å². The first kappa shape index (κ1) is 12.0. The molecule has 17 heavy (non-hydrogen) atoms. The third kappa shape index (κ3) is 3.53. The van der Waals surface area contributed by atoms with Gasteiger partial charge in [-0.05, 0) is 50.0 Å². The van der Waals surface area contributed by atoms with E-state index in [1.54, 1.807) is 12.1 Å². The van der Waals surface area contributed by atoms with Crippen LogP contribution in [0, 0.1) is 11.7 Å². The van der Waals surface area contributed by atoms with Crippen LogP contribution in [0.3, 0.4) is 0 Å². The maximum Gasteiger partial charge on any atom is 0.251 e. The van der Waals surface area contributed by atoms with Gasteiger partial charge < -0.3 is 10.6 Å². The van der Waals surface area contributed by atoms with Crippen molar-refractivity contribution in [2.45, 2.75) is 12.8 Å². The van der Waals surface area contributed by atoms with Gasteiger partial charge in [0.1, 0.15) is 5.82 Å². The van der Waals surface area contributed by atoms with Gasteiger partial charge in [-0.1, -0.05) is 6.07 Å². The van der Waals surface area contributed by atoms with Crippen LogP contribution in [0.2, 0.25) is 0 Å². The van der Waals surface area contributed by atoms with Gasteiger partial charge in [0.15, 0.2) is 0 Å². The topological polar surface area (TPSA) is 41.1 Å². The Morgan fingerprint density at radius 3 is 2.94 bits per heavy atom. The summed E-state index contributed by atoms with van der Waals surface area (Å²) >= 11 is 0. The van der Waals surface area contributed by atoms with E-state index in [4.69, 9.17) is 0 Å². The first-order chi connectivity index (χ1) is 8.25. The van der Waals surface area contributed by atoms with Crippen LogP contribution in [0.4, 0.5) is 4.39 Å². The Hall–Kier alpha value is -1.42. The van der Waals surface area contributed by atoms with Crippen LogP contribution in [-0.4, -0.2) is 25.5 Å². The maximum atomic E-state index is 12.9. The second-order valence-electron chi connectivity index (χ2n) is 4.43. The van der Waals surface area contributed by atoms with Gasteiger partial charge in [0.05, 0.1) is 0 Å². The molecule has 2 N–H and O–H groups in total. The highest BCUT2D eigenvalue weighted by molar-refractivity contribution is 5.94. The molecule has 0 saturated carbocycles. The van der Waals surface area contributed by atoms with Crippen LogP contribution in [0.1, 0.15) is 23.2 Å². The van der Waals surface area contributed by atoms with E-state index in [1.807, 2.05) is 0 Å². The van der Waals surface area contributed by atoms with Crippen molar-refractivity contribution in [3.8, 4) is 0 Å². The minimum absolute atomic E-state index is 0.198. The lowest BCUT2D eigenvalue weighted by Crippen LogP contribution is -2.42. The van der Waals surface area contributed by atoms with E-state index in [2.05, 4.69) is 10.6 Å². The van der Waals surface area contributed by atoms with Crippen LogP contribution in [-0.2, 0) is 0 Å². The van der Waals surface area contributed by atoms with Crippen molar-refractivity contribution >= 4 is 5.91 Å². The van der Waals surface area contributed by atoms with Crippen molar-refractivity contribution < 1.29 is 9.18 Å². The summed E-state index contributed by atoms with van der Waals surface area (Å²) in [6.07, 6.45) is 2.11. The summed E-state index contributed by atoms with van der Waals surface area (Å²) in [6, 6.07) is 5.75. The largest absolute Gasteiger partial charge is 0.352 e. The van der Waals surface area contributed by atoms with Crippen LogP contribution in [0.25, 0.3) is 0 Å². The van der Waals surface area contributed by atoms with E-state index in [0.29, 0.717) is 12.1 Å². The van der Waals surface area contributed by atoms with Gasteiger partial charge in [-0.2, -0.15) is 0 Å². The predicted octanol–water partition coefficient (Wildman–Crippen LogP) is 1.56. The monoisotopic (exact) mass is 236 g/mol. The molecular formula is C13H17FN2O. The molecule has 1 heterocycles. The van der Waals surface area contributed by atoms with Gasteiger partial charge in [-0.15, -0.1) is 0 Å². The first-order valence-electron chi connectivity index (χ1n) is 6.00. The van der Waals surface area contributed by atoms with E-state index in [-0.39, 0.29) is 11.7 Å². The second-order valence-corrected chi connectivity index (χ2v) is 4.43. The highest BCUT2D eigenvalue weighted by atomic mass is 19.1. The number of amides is 1. The van der Waals surface area contributed by atoms with Crippen molar-refractivity contribution in [1.82, 2.24) is 10.6 Å². The highest BCUT2D eigenvalue weighted by Gasteiger charge is 2.15.